The molecule has 5 nitrogen and oxygen atoms in total. The first-order valence-electron chi connectivity index (χ1n) is 6.81. The summed E-state index contributed by atoms with van der Waals surface area (Å²) in [6.45, 7) is 0. The monoisotopic (exact) mass is 395 g/mol. The van der Waals surface area contributed by atoms with E-state index in [1.54, 1.807) is 36.4 Å². The Bertz CT molecular complexity index is 724. The van der Waals surface area contributed by atoms with Gasteiger partial charge in [-0.05, 0) is 29.8 Å². The average molecular weight is 397 g/mol. The maximum atomic E-state index is 12.2. The first kappa shape index (κ1) is 17.3. The van der Waals surface area contributed by atoms with E-state index in [0.29, 0.717) is 16.3 Å². The van der Waals surface area contributed by atoms with Crippen molar-refractivity contribution in [3.8, 4) is 0 Å². The van der Waals surface area contributed by atoms with Crippen LogP contribution in [0.3, 0.4) is 0 Å². The van der Waals surface area contributed by atoms with Crippen LogP contribution in [0.25, 0.3) is 0 Å². The Hall–Kier alpha value is -2.05. The Morgan fingerprint density at radius 3 is 2.57 bits per heavy atom. The third kappa shape index (κ3) is 5.26. The van der Waals surface area contributed by atoms with Crippen molar-refractivity contribution in [2.45, 2.75) is 12.5 Å². The predicted molar refractivity (Wildman–Crippen MR) is 94.3 cm³/mol. The molecule has 0 radical (unpaired) electrons. The largest absolute Gasteiger partial charge is 0.352 e. The van der Waals surface area contributed by atoms with Gasteiger partial charge in [0, 0.05) is 15.2 Å². The second-order valence-corrected chi connectivity index (χ2v) is 6.17. The van der Waals surface area contributed by atoms with Crippen molar-refractivity contribution in [3.63, 3.8) is 0 Å². The third-order valence-corrected chi connectivity index (χ3v) is 3.93. The van der Waals surface area contributed by atoms with Gasteiger partial charge >= 0.3 is 6.03 Å². The molecule has 2 aromatic carbocycles. The highest BCUT2D eigenvalue weighted by Crippen LogP contribution is 2.25. The number of halogens is 2. The summed E-state index contributed by atoms with van der Waals surface area (Å²) >= 11 is 9.48. The summed E-state index contributed by atoms with van der Waals surface area (Å²) in [6, 6.07) is 12.9. The molecular weight excluding hydrogens is 382 g/mol. The molecular formula is C16H15BrClN3O2. The maximum Gasteiger partial charge on any atom is 0.312 e. The fourth-order valence-corrected chi connectivity index (χ4v) is 2.80. The van der Waals surface area contributed by atoms with Crippen molar-refractivity contribution in [1.29, 1.82) is 0 Å². The molecule has 0 aromatic heterocycles. The number of urea groups is 1. The van der Waals surface area contributed by atoms with Crippen LogP contribution in [0.5, 0.6) is 0 Å². The number of carbonyl (C=O) groups is 2. The highest BCUT2D eigenvalue weighted by atomic mass is 79.9. The second kappa shape index (κ2) is 7.99. The zero-order valence-electron chi connectivity index (χ0n) is 12.1. The molecule has 3 amide bonds. The number of hydrogen-bond donors (Lipinski definition) is 3. The van der Waals surface area contributed by atoms with Gasteiger partial charge in [-0.2, -0.15) is 0 Å². The highest BCUT2D eigenvalue weighted by Gasteiger charge is 2.19. The molecule has 0 spiro atoms. The molecule has 0 aliphatic carbocycles. The molecule has 2 rings (SSSR count). The number of nitrogens with one attached hydrogen (secondary N) is 2. The lowest BCUT2D eigenvalue weighted by Gasteiger charge is -2.19. The van der Waals surface area contributed by atoms with E-state index in [0.717, 1.165) is 4.47 Å². The van der Waals surface area contributed by atoms with E-state index < -0.39 is 12.1 Å². The van der Waals surface area contributed by atoms with Crippen LogP contribution in [0.1, 0.15) is 18.0 Å². The molecule has 7 heteroatoms. The summed E-state index contributed by atoms with van der Waals surface area (Å²) in [7, 11) is 0. The first-order valence-corrected chi connectivity index (χ1v) is 7.98. The topological polar surface area (TPSA) is 84.2 Å². The third-order valence-electron chi connectivity index (χ3n) is 3.10. The molecule has 0 unspecified atom stereocenters. The van der Waals surface area contributed by atoms with Crippen molar-refractivity contribution in [2.75, 3.05) is 5.32 Å². The fourth-order valence-electron chi connectivity index (χ4n) is 2.13. The zero-order chi connectivity index (χ0) is 16.8. The molecule has 0 saturated carbocycles. The van der Waals surface area contributed by atoms with Gasteiger partial charge in [0.1, 0.15) is 0 Å². The van der Waals surface area contributed by atoms with Gasteiger partial charge in [-0.15, -0.1) is 0 Å². The molecule has 0 aliphatic rings. The molecule has 0 aliphatic heterocycles. The van der Waals surface area contributed by atoms with Crippen LogP contribution in [0.4, 0.5) is 10.5 Å². The van der Waals surface area contributed by atoms with E-state index in [4.69, 9.17) is 17.3 Å². The number of anilines is 1. The summed E-state index contributed by atoms with van der Waals surface area (Å²) in [6.07, 6.45) is 0.0131. The van der Waals surface area contributed by atoms with Crippen molar-refractivity contribution in [1.82, 2.24) is 5.32 Å². The number of rotatable bonds is 5. The van der Waals surface area contributed by atoms with Crippen LogP contribution in [0, 0.1) is 0 Å². The van der Waals surface area contributed by atoms with Gasteiger partial charge in [0.05, 0.1) is 12.5 Å². The number of amides is 3. The van der Waals surface area contributed by atoms with Gasteiger partial charge in [-0.3, -0.25) is 4.79 Å². The smallest absolute Gasteiger partial charge is 0.312 e. The van der Waals surface area contributed by atoms with Gasteiger partial charge in [0.25, 0.3) is 0 Å². The SMILES string of the molecule is NC(=O)N[C@H](CC(=O)Nc1cccc(Br)c1)c1ccccc1Cl. The van der Waals surface area contributed by atoms with Gasteiger partial charge in [0.15, 0.2) is 0 Å². The molecule has 120 valence electrons. The van der Waals surface area contributed by atoms with Gasteiger partial charge in [-0.25, -0.2) is 4.79 Å². The Morgan fingerprint density at radius 1 is 1.17 bits per heavy atom. The Balaban J connectivity index is 2.13. The number of primary amides is 1. The van der Waals surface area contributed by atoms with E-state index in [-0.39, 0.29) is 12.3 Å². The van der Waals surface area contributed by atoms with Crippen LogP contribution in [-0.4, -0.2) is 11.9 Å². The van der Waals surface area contributed by atoms with Crippen molar-refractivity contribution < 1.29 is 9.59 Å². The lowest BCUT2D eigenvalue weighted by Crippen LogP contribution is -2.35. The van der Waals surface area contributed by atoms with E-state index in [2.05, 4.69) is 26.6 Å². The van der Waals surface area contributed by atoms with Crippen LogP contribution < -0.4 is 16.4 Å². The first-order chi connectivity index (χ1) is 11.0. The van der Waals surface area contributed by atoms with E-state index in [9.17, 15) is 9.59 Å². The Kier molecular flexibility index (Phi) is 6.01. The molecule has 23 heavy (non-hydrogen) atoms. The van der Waals surface area contributed by atoms with E-state index in [1.807, 2.05) is 12.1 Å². The zero-order valence-corrected chi connectivity index (χ0v) is 14.4. The molecule has 1 atom stereocenters. The van der Waals surface area contributed by atoms with Crippen molar-refractivity contribution >= 4 is 45.2 Å². The minimum atomic E-state index is -0.717. The minimum absolute atomic E-state index is 0.0131. The maximum absolute atomic E-state index is 12.2. The Labute approximate surface area is 147 Å². The summed E-state index contributed by atoms with van der Waals surface area (Å²) < 4.78 is 0.855. The number of hydrogen-bond acceptors (Lipinski definition) is 2. The summed E-state index contributed by atoms with van der Waals surface area (Å²) in [5.41, 5.74) is 6.49. The van der Waals surface area contributed by atoms with E-state index >= 15 is 0 Å². The molecule has 0 fully saturated rings. The summed E-state index contributed by atoms with van der Waals surface area (Å²) in [5, 5.41) is 5.78. The number of benzene rings is 2. The Morgan fingerprint density at radius 2 is 1.91 bits per heavy atom. The molecule has 0 saturated heterocycles. The highest BCUT2D eigenvalue weighted by molar-refractivity contribution is 9.10. The summed E-state index contributed by atoms with van der Waals surface area (Å²) in [5.74, 6) is -0.262. The quantitative estimate of drug-likeness (QED) is 0.717. The van der Waals surface area contributed by atoms with E-state index in [1.165, 1.54) is 0 Å². The van der Waals surface area contributed by atoms with Crippen LogP contribution >= 0.6 is 27.5 Å². The lowest BCUT2D eigenvalue weighted by atomic mass is 10.0. The second-order valence-electron chi connectivity index (χ2n) is 4.85. The lowest BCUT2D eigenvalue weighted by molar-refractivity contribution is -0.116. The standard InChI is InChI=1S/C16H15BrClN3O2/c17-10-4-3-5-11(8-10)20-15(22)9-14(21-16(19)23)12-6-1-2-7-13(12)18/h1-8,14H,9H2,(H,20,22)(H3,19,21,23)/t14-/m1/s1. The average Bonchev–Trinajstić information content (AvgIpc) is 2.46. The molecule has 0 bridgehead atoms. The number of nitrogens with two attached hydrogens (primary N) is 1. The fraction of sp³-hybridized carbons (Fsp3) is 0.125. The summed E-state index contributed by atoms with van der Waals surface area (Å²) in [4.78, 5) is 23.4. The van der Waals surface area contributed by atoms with Crippen molar-refractivity contribution in [2.24, 2.45) is 5.73 Å². The minimum Gasteiger partial charge on any atom is -0.352 e. The predicted octanol–water partition coefficient (Wildman–Crippen LogP) is 3.84. The van der Waals surface area contributed by atoms with Crippen LogP contribution in [0.15, 0.2) is 53.0 Å². The molecule has 0 heterocycles. The van der Waals surface area contributed by atoms with Crippen LogP contribution in [-0.2, 0) is 4.79 Å². The molecule has 2 aromatic rings. The van der Waals surface area contributed by atoms with Crippen LogP contribution in [0.2, 0.25) is 5.02 Å². The van der Waals surface area contributed by atoms with Gasteiger partial charge in [-0.1, -0.05) is 51.8 Å². The van der Waals surface area contributed by atoms with Gasteiger partial charge in [0.2, 0.25) is 5.91 Å². The molecule has 4 N–H and O–H groups in total. The van der Waals surface area contributed by atoms with Gasteiger partial charge < -0.3 is 16.4 Å². The normalized spacial score (nSPS) is 11.6. The van der Waals surface area contributed by atoms with Crippen molar-refractivity contribution in [3.05, 3.63) is 63.6 Å². The number of carbonyl (C=O) groups excluding carboxylic acids is 2.